The predicted octanol–water partition coefficient (Wildman–Crippen LogP) is 5.33. The Morgan fingerprint density at radius 3 is 2.84 bits per heavy atom. The highest BCUT2D eigenvalue weighted by molar-refractivity contribution is 7.99. The van der Waals surface area contributed by atoms with Gasteiger partial charge in [0, 0.05) is 15.5 Å². The average Bonchev–Trinajstić information content (AvgIpc) is 3.29. The van der Waals surface area contributed by atoms with Crippen molar-refractivity contribution in [2.24, 2.45) is 5.10 Å². The fourth-order valence-electron chi connectivity index (χ4n) is 4.35. The number of carbonyl (C=O) groups excluding carboxylic acids is 1. The number of ether oxygens (including phenoxy) is 1. The highest BCUT2D eigenvalue weighted by Crippen LogP contribution is 2.35. The lowest BCUT2D eigenvalue weighted by Crippen LogP contribution is -2.24. The standard InChI is InChI=1S/C27H25ClN4O4S2/c1-2-36-20-8-5-6-16(24(20)34)14-29-31-22(33)15-37-27-30-25-23(19-7-3-4-9-21(19)38-25)26(35)32(27)18-12-10-17(28)11-13-18/h5-6,8,10-14,34H,2-4,7,9,15H2,1H3,(H,31,33). The zero-order chi connectivity index (χ0) is 26.6. The molecule has 1 aliphatic carbocycles. The van der Waals surface area contributed by atoms with Gasteiger partial charge in [0.25, 0.3) is 11.5 Å². The highest BCUT2D eigenvalue weighted by Gasteiger charge is 2.23. The Hall–Kier alpha value is -3.34. The molecular weight excluding hydrogens is 544 g/mol. The van der Waals surface area contributed by atoms with Gasteiger partial charge in [-0.05, 0) is 74.6 Å². The zero-order valence-corrected chi connectivity index (χ0v) is 23.0. The van der Waals surface area contributed by atoms with Crippen molar-refractivity contribution in [2.75, 3.05) is 12.4 Å². The molecule has 0 saturated heterocycles. The Balaban J connectivity index is 1.39. The summed E-state index contributed by atoms with van der Waals surface area (Å²) in [4.78, 5) is 33.1. The minimum Gasteiger partial charge on any atom is -0.504 e. The van der Waals surface area contributed by atoms with E-state index >= 15 is 0 Å². The number of aromatic nitrogens is 2. The van der Waals surface area contributed by atoms with E-state index in [1.807, 2.05) is 6.92 Å². The quantitative estimate of drug-likeness (QED) is 0.129. The molecule has 2 heterocycles. The number of para-hydroxylation sites is 1. The van der Waals surface area contributed by atoms with Crippen LogP contribution in [0.3, 0.4) is 0 Å². The molecule has 0 radical (unpaired) electrons. The van der Waals surface area contributed by atoms with Crippen molar-refractivity contribution in [3.63, 3.8) is 0 Å². The van der Waals surface area contributed by atoms with E-state index < -0.39 is 0 Å². The molecule has 2 aromatic heterocycles. The van der Waals surface area contributed by atoms with Gasteiger partial charge in [-0.1, -0.05) is 29.4 Å². The number of fused-ring (bicyclic) bond motifs is 3. The number of phenolic OH excluding ortho intramolecular Hbond substituents is 1. The van der Waals surface area contributed by atoms with Crippen LogP contribution in [0.1, 0.15) is 35.8 Å². The van der Waals surface area contributed by atoms with Crippen molar-refractivity contribution >= 4 is 57.0 Å². The molecule has 2 N–H and O–H groups in total. The van der Waals surface area contributed by atoms with Crippen molar-refractivity contribution in [3.05, 3.63) is 73.8 Å². The molecule has 196 valence electrons. The summed E-state index contributed by atoms with van der Waals surface area (Å²) in [5, 5.41) is 15.9. The number of halogens is 1. The van der Waals surface area contributed by atoms with Gasteiger partial charge in [0.05, 0.1) is 29.6 Å². The van der Waals surface area contributed by atoms with Gasteiger partial charge in [0.1, 0.15) is 4.83 Å². The zero-order valence-electron chi connectivity index (χ0n) is 20.6. The lowest BCUT2D eigenvalue weighted by molar-refractivity contribution is -0.118. The number of nitrogens with one attached hydrogen (secondary N) is 1. The first kappa shape index (κ1) is 26.3. The van der Waals surface area contributed by atoms with E-state index in [2.05, 4.69) is 10.5 Å². The predicted molar refractivity (Wildman–Crippen MR) is 153 cm³/mol. The minimum absolute atomic E-state index is 0.0149. The number of aryl methyl sites for hydroxylation is 2. The Labute approximate surface area is 232 Å². The Morgan fingerprint density at radius 2 is 2.05 bits per heavy atom. The number of amides is 1. The number of benzene rings is 2. The van der Waals surface area contributed by atoms with Crippen LogP contribution in [0.2, 0.25) is 5.02 Å². The van der Waals surface area contributed by atoms with E-state index in [1.54, 1.807) is 58.4 Å². The normalized spacial score (nSPS) is 13.1. The molecule has 1 amide bonds. The van der Waals surface area contributed by atoms with Crippen LogP contribution in [-0.2, 0) is 17.6 Å². The number of carbonyl (C=O) groups is 1. The number of hydrogen-bond acceptors (Lipinski definition) is 8. The van der Waals surface area contributed by atoms with Crippen molar-refractivity contribution in [2.45, 2.75) is 37.8 Å². The van der Waals surface area contributed by atoms with Crippen LogP contribution in [-0.4, -0.2) is 39.1 Å². The van der Waals surface area contributed by atoms with E-state index in [4.69, 9.17) is 21.3 Å². The second kappa shape index (κ2) is 11.6. The lowest BCUT2D eigenvalue weighted by Gasteiger charge is -2.13. The molecule has 0 bridgehead atoms. The van der Waals surface area contributed by atoms with E-state index in [0.29, 0.717) is 44.0 Å². The Morgan fingerprint density at radius 1 is 1.26 bits per heavy atom. The summed E-state index contributed by atoms with van der Waals surface area (Å²) >= 11 is 8.81. The molecule has 0 spiro atoms. The van der Waals surface area contributed by atoms with Gasteiger partial charge in [-0.3, -0.25) is 14.2 Å². The number of rotatable bonds is 8. The Kier molecular flexibility index (Phi) is 8.01. The van der Waals surface area contributed by atoms with Crippen LogP contribution >= 0.6 is 34.7 Å². The number of hydrazone groups is 1. The first-order chi connectivity index (χ1) is 18.5. The van der Waals surface area contributed by atoms with Gasteiger partial charge in [-0.2, -0.15) is 5.10 Å². The van der Waals surface area contributed by atoms with Gasteiger partial charge in [0.15, 0.2) is 16.7 Å². The SMILES string of the molecule is CCOc1cccc(C=NNC(=O)CSc2nc3sc4c(c3c(=O)n2-c2ccc(Cl)cc2)CCCC4)c1O. The molecule has 8 nitrogen and oxygen atoms in total. The summed E-state index contributed by atoms with van der Waals surface area (Å²) in [5.41, 5.74) is 4.48. The maximum Gasteiger partial charge on any atom is 0.267 e. The summed E-state index contributed by atoms with van der Waals surface area (Å²) in [6.45, 7) is 2.24. The summed E-state index contributed by atoms with van der Waals surface area (Å²) in [6, 6.07) is 12.0. The third-order valence-electron chi connectivity index (χ3n) is 6.10. The minimum atomic E-state index is -0.380. The molecule has 2 aromatic carbocycles. The fourth-order valence-corrected chi connectivity index (χ4v) is 6.59. The monoisotopic (exact) mass is 568 g/mol. The van der Waals surface area contributed by atoms with Crippen LogP contribution < -0.4 is 15.7 Å². The van der Waals surface area contributed by atoms with Crippen molar-refractivity contribution in [1.29, 1.82) is 0 Å². The molecule has 11 heteroatoms. The first-order valence-electron chi connectivity index (χ1n) is 12.2. The molecule has 0 atom stereocenters. The fraction of sp³-hybridized carbons (Fsp3) is 0.259. The molecule has 0 unspecified atom stereocenters. The lowest BCUT2D eigenvalue weighted by atomic mass is 9.97. The number of nitrogens with zero attached hydrogens (tertiary/aromatic N) is 3. The van der Waals surface area contributed by atoms with Crippen LogP contribution in [0, 0.1) is 0 Å². The van der Waals surface area contributed by atoms with Crippen molar-refractivity contribution < 1.29 is 14.6 Å². The largest absolute Gasteiger partial charge is 0.504 e. The summed E-state index contributed by atoms with van der Waals surface area (Å²) in [5.74, 6) is -0.104. The number of phenols is 1. The van der Waals surface area contributed by atoms with Gasteiger partial charge in [0.2, 0.25) is 0 Å². The first-order valence-corrected chi connectivity index (χ1v) is 14.4. The molecule has 0 saturated carbocycles. The van der Waals surface area contributed by atoms with Crippen molar-refractivity contribution in [3.8, 4) is 17.2 Å². The maximum atomic E-state index is 13.8. The summed E-state index contributed by atoms with van der Waals surface area (Å²) in [7, 11) is 0. The van der Waals surface area contributed by atoms with Crippen LogP contribution in [0.15, 0.2) is 57.5 Å². The smallest absolute Gasteiger partial charge is 0.267 e. The van der Waals surface area contributed by atoms with Crippen molar-refractivity contribution in [1.82, 2.24) is 15.0 Å². The van der Waals surface area contributed by atoms with Gasteiger partial charge in [-0.15, -0.1) is 11.3 Å². The van der Waals surface area contributed by atoms with E-state index in [9.17, 15) is 14.7 Å². The molecule has 5 rings (SSSR count). The Bertz CT molecular complexity index is 1580. The molecule has 1 aliphatic rings. The van der Waals surface area contributed by atoms with E-state index in [0.717, 1.165) is 43.0 Å². The highest BCUT2D eigenvalue weighted by atomic mass is 35.5. The number of thioether (sulfide) groups is 1. The maximum absolute atomic E-state index is 13.8. The molecule has 38 heavy (non-hydrogen) atoms. The second-order valence-corrected chi connectivity index (χ2v) is 11.1. The van der Waals surface area contributed by atoms with Gasteiger partial charge < -0.3 is 9.84 Å². The number of hydrogen-bond donors (Lipinski definition) is 2. The molecule has 4 aromatic rings. The topological polar surface area (TPSA) is 106 Å². The molecular formula is C27H25ClN4O4S2. The van der Waals surface area contributed by atoms with Crippen LogP contribution in [0.5, 0.6) is 11.5 Å². The third-order valence-corrected chi connectivity index (χ3v) is 8.47. The molecule has 0 aliphatic heterocycles. The third kappa shape index (κ3) is 5.43. The average molecular weight is 569 g/mol. The summed E-state index contributed by atoms with van der Waals surface area (Å²) in [6.07, 6.45) is 5.36. The van der Waals surface area contributed by atoms with Crippen LogP contribution in [0.25, 0.3) is 15.9 Å². The summed E-state index contributed by atoms with van der Waals surface area (Å²) < 4.78 is 6.92. The van der Waals surface area contributed by atoms with E-state index in [1.165, 1.54) is 11.1 Å². The number of thiophene rings is 1. The second-order valence-electron chi connectivity index (χ2n) is 8.61. The number of aromatic hydroxyl groups is 1. The van der Waals surface area contributed by atoms with Crippen LogP contribution in [0.4, 0.5) is 0 Å². The molecule has 0 fully saturated rings. The van der Waals surface area contributed by atoms with Gasteiger partial charge >= 0.3 is 0 Å². The van der Waals surface area contributed by atoms with E-state index in [-0.39, 0.29) is 23.0 Å². The van der Waals surface area contributed by atoms with Gasteiger partial charge in [-0.25, -0.2) is 10.4 Å².